The third-order valence-electron chi connectivity index (χ3n) is 0. The molecule has 0 spiro atoms. The van der Waals surface area contributed by atoms with E-state index in [1.54, 1.807) is 0 Å². The van der Waals surface area contributed by atoms with Crippen LogP contribution in [0.5, 0.6) is 0 Å². The molecule has 0 heterocycles. The van der Waals surface area contributed by atoms with Gasteiger partial charge in [0.2, 0.25) is 0 Å². The van der Waals surface area contributed by atoms with Crippen molar-refractivity contribution in [3.8, 4) is 0 Å². The molecule has 44 valence electrons. The summed E-state index contributed by atoms with van der Waals surface area (Å²) in [7, 11) is 17.2. The monoisotopic (exact) mass is 329 g/mol. The summed E-state index contributed by atoms with van der Waals surface area (Å²) in [6.07, 6.45) is 0. The molecule has 0 aromatic rings. The first-order valence-corrected chi connectivity index (χ1v) is 9.60. The number of hydrogen-bond acceptors (Lipinski definition) is 1. The molecule has 0 aliphatic rings. The Bertz CT molecular complexity index is 15.5. The van der Waals surface area contributed by atoms with Gasteiger partial charge >= 0.3 is 42.2 Å². The van der Waals surface area contributed by atoms with Crippen LogP contribution in [-0.4, -0.2) is 5.11 Å². The van der Waals surface area contributed by atoms with Crippen LogP contribution in [0.15, 0.2) is 0 Å². The quantitative estimate of drug-likeness (QED) is 0.676. The minimum atomic E-state index is -1.92. The zero-order valence-corrected chi connectivity index (χ0v) is 7.28. The van der Waals surface area contributed by atoms with Gasteiger partial charge in [0, 0.05) is 0 Å². The molecule has 1 N–H and O–H groups in total. The second-order valence-electron chi connectivity index (χ2n) is 0.143. The summed E-state index contributed by atoms with van der Waals surface area (Å²) in [5.41, 5.74) is 0. The molecule has 0 rings (SSSR count). The molecule has 0 fully saturated rings. The van der Waals surface area contributed by atoms with Crippen molar-refractivity contribution < 1.29 is 18.6 Å². The molecule has 0 saturated carbocycles. The Hall–Kier alpha value is 1.48. The van der Waals surface area contributed by atoms with E-state index in [4.69, 9.17) is 33.9 Å². The average molecular weight is 330 g/mol. The van der Waals surface area contributed by atoms with Crippen molar-refractivity contribution in [3.05, 3.63) is 7.11 Å². The van der Waals surface area contributed by atoms with Crippen LogP contribution in [0.3, 0.4) is 0 Å². The second-order valence-corrected chi connectivity index (χ2v) is 10.5. The Balaban J connectivity index is 0. The summed E-state index contributed by atoms with van der Waals surface area (Å²) in [6.45, 7) is 0. The van der Waals surface area contributed by atoms with Crippen LogP contribution in [-0.2, 0) is 13.5 Å². The van der Waals surface area contributed by atoms with Crippen LogP contribution in [0.2, 0.25) is 0 Å². The van der Waals surface area contributed by atoms with E-state index in [0.29, 0.717) is 0 Å². The van der Waals surface area contributed by atoms with E-state index in [9.17, 15) is 0 Å². The van der Waals surface area contributed by atoms with Gasteiger partial charge in [-0.25, -0.2) is 7.11 Å². The van der Waals surface area contributed by atoms with Crippen molar-refractivity contribution in [2.75, 3.05) is 0 Å². The molecule has 0 aromatic carbocycles. The first kappa shape index (κ1) is 10.5. The molecule has 0 aromatic heterocycles. The van der Waals surface area contributed by atoms with Crippen molar-refractivity contribution in [2.45, 2.75) is 0 Å². The Morgan fingerprint density at radius 2 is 1.17 bits per heavy atom. The van der Waals surface area contributed by atoms with Crippen molar-refractivity contribution in [1.82, 2.24) is 0 Å². The van der Waals surface area contributed by atoms with Gasteiger partial charge in [-0.3, -0.25) is 0 Å². The fourth-order valence-electron chi connectivity index (χ4n) is 0. The van der Waals surface area contributed by atoms with Crippen LogP contribution in [0, 0.1) is 7.11 Å². The average Bonchev–Trinajstić information content (AvgIpc) is 1.41. The van der Waals surface area contributed by atoms with Gasteiger partial charge in [0.1, 0.15) is 0 Å². The van der Waals surface area contributed by atoms with Gasteiger partial charge in [0.25, 0.3) is 0 Å². The SMILES string of the molecule is [CH2-]O.[Cl][Ir]([Cl])[Cl]. The zero-order valence-electron chi connectivity index (χ0n) is 2.62. The summed E-state index contributed by atoms with van der Waals surface area (Å²) in [5.74, 6) is 0. The van der Waals surface area contributed by atoms with Crippen LogP contribution < -0.4 is 0 Å². The third-order valence-corrected chi connectivity index (χ3v) is 0. The van der Waals surface area contributed by atoms with Crippen LogP contribution >= 0.6 is 28.8 Å². The van der Waals surface area contributed by atoms with E-state index in [0.717, 1.165) is 0 Å². The predicted octanol–water partition coefficient (Wildman–Crippen LogP) is 2.22. The van der Waals surface area contributed by atoms with E-state index in [-0.39, 0.29) is 0 Å². The molecule has 0 radical (unpaired) electrons. The molecule has 6 heavy (non-hydrogen) atoms. The molecule has 0 aliphatic heterocycles. The van der Waals surface area contributed by atoms with Crippen molar-refractivity contribution in [1.29, 1.82) is 0 Å². The Morgan fingerprint density at radius 3 is 1.17 bits per heavy atom. The molecule has 0 bridgehead atoms. The van der Waals surface area contributed by atoms with Crippen molar-refractivity contribution in [3.63, 3.8) is 0 Å². The number of hydrogen-bond donors (Lipinski definition) is 1. The van der Waals surface area contributed by atoms with Crippen molar-refractivity contribution >= 4 is 28.8 Å². The van der Waals surface area contributed by atoms with Gasteiger partial charge in [0.05, 0.1) is 0 Å². The summed E-state index contributed by atoms with van der Waals surface area (Å²) in [4.78, 5) is 0. The normalized spacial score (nSPS) is 8.50. The second kappa shape index (κ2) is 9.70. The number of aliphatic hydroxyl groups is 1. The van der Waals surface area contributed by atoms with Gasteiger partial charge in [-0.15, -0.1) is 0 Å². The fourth-order valence-corrected chi connectivity index (χ4v) is 0. The molecule has 5 heteroatoms. The third kappa shape index (κ3) is 50.2. The minimum absolute atomic E-state index is 1.92. The Kier molecular flexibility index (Phi) is 16.9. The van der Waals surface area contributed by atoms with Crippen molar-refractivity contribution in [2.24, 2.45) is 0 Å². The van der Waals surface area contributed by atoms with Crippen LogP contribution in [0.25, 0.3) is 0 Å². The van der Waals surface area contributed by atoms with Gasteiger partial charge in [-0.05, 0) is 0 Å². The van der Waals surface area contributed by atoms with Gasteiger partial charge in [-0.1, -0.05) is 0 Å². The van der Waals surface area contributed by atoms with Gasteiger partial charge in [-0.2, -0.15) is 0 Å². The van der Waals surface area contributed by atoms with Gasteiger partial charge < -0.3 is 5.11 Å². The van der Waals surface area contributed by atoms with E-state index in [1.165, 1.54) is 0 Å². The first-order chi connectivity index (χ1) is 2.73. The standard InChI is InChI=1S/CH3O.3ClH.Ir/c1-2;;;;/h2H,1H2;3*1H;/q-1;;;;+3/p-3. The van der Waals surface area contributed by atoms with Crippen LogP contribution in [0.1, 0.15) is 0 Å². The van der Waals surface area contributed by atoms with E-state index >= 15 is 0 Å². The summed E-state index contributed by atoms with van der Waals surface area (Å²) in [5, 5.41) is 6.75. The molecule has 0 unspecified atom stereocenters. The van der Waals surface area contributed by atoms with Crippen LogP contribution in [0.4, 0.5) is 0 Å². The predicted molar refractivity (Wildman–Crippen MR) is 24.9 cm³/mol. The molecular formula is CH3Cl3IrO-. The maximum absolute atomic E-state index is 6.75. The van der Waals surface area contributed by atoms with E-state index < -0.39 is 13.5 Å². The molecule has 0 amide bonds. The topological polar surface area (TPSA) is 20.2 Å². The summed E-state index contributed by atoms with van der Waals surface area (Å²) >= 11 is -1.92. The van der Waals surface area contributed by atoms with E-state index in [2.05, 4.69) is 7.11 Å². The Morgan fingerprint density at radius 1 is 1.17 bits per heavy atom. The number of aliphatic hydroxyl groups excluding tert-OH is 1. The summed E-state index contributed by atoms with van der Waals surface area (Å²) < 4.78 is 0. The molecule has 0 atom stereocenters. The van der Waals surface area contributed by atoms with E-state index in [1.807, 2.05) is 0 Å². The summed E-state index contributed by atoms with van der Waals surface area (Å²) in [6, 6.07) is 0. The molecule has 0 aliphatic carbocycles. The Labute approximate surface area is 54.4 Å². The molecule has 0 saturated heterocycles. The number of rotatable bonds is 0. The number of halogens is 3. The fraction of sp³-hybridized carbons (Fsp3) is 0. The maximum atomic E-state index is 6.75. The van der Waals surface area contributed by atoms with Gasteiger partial charge in [0.15, 0.2) is 0 Å². The first-order valence-electron chi connectivity index (χ1n) is 0.694. The molecular weight excluding hydrogens is 327 g/mol. The molecule has 1 nitrogen and oxygen atoms in total. The zero-order chi connectivity index (χ0) is 5.58.